The number of hydrogen-bond donors (Lipinski definition) is 0. The highest BCUT2D eigenvalue weighted by atomic mass is 16.5. The van der Waals surface area contributed by atoms with Crippen molar-refractivity contribution in [1.82, 2.24) is 15.0 Å². The fourth-order valence-electron chi connectivity index (χ4n) is 2.39. The summed E-state index contributed by atoms with van der Waals surface area (Å²) in [6.07, 6.45) is 5.06. The molecule has 0 aliphatic heterocycles. The van der Waals surface area contributed by atoms with Crippen molar-refractivity contribution in [2.24, 2.45) is 5.92 Å². The van der Waals surface area contributed by atoms with E-state index < -0.39 is 18.0 Å². The van der Waals surface area contributed by atoms with Crippen LogP contribution in [0.15, 0.2) is 38.6 Å². The van der Waals surface area contributed by atoms with E-state index >= 15 is 0 Å². The lowest BCUT2D eigenvalue weighted by Gasteiger charge is -2.17. The third kappa shape index (κ3) is 3.29. The molecule has 136 valence electrons. The fourth-order valence-corrected chi connectivity index (χ4v) is 2.39. The van der Waals surface area contributed by atoms with E-state index in [0.717, 1.165) is 0 Å². The molecule has 3 rings (SSSR count). The van der Waals surface area contributed by atoms with Gasteiger partial charge in [0.2, 0.25) is 17.7 Å². The standard InChI is InChI=1S/C17H17N3O6/c1-5-13-18-11(7-24-13)15-20-12(8-26-15)16-19-10(6-25-16)14(22-3)9(2)17(21)23-4/h5-9,14H,1H2,2-4H3/t9-,14+/m1/s1. The molecular weight excluding hydrogens is 342 g/mol. The topological polar surface area (TPSA) is 114 Å². The van der Waals surface area contributed by atoms with Gasteiger partial charge < -0.3 is 22.7 Å². The minimum atomic E-state index is -0.614. The Hall–Kier alpha value is -3.20. The van der Waals surface area contributed by atoms with Crippen LogP contribution in [0.4, 0.5) is 0 Å². The zero-order chi connectivity index (χ0) is 18.7. The lowest BCUT2D eigenvalue weighted by atomic mass is 10.0. The first kappa shape index (κ1) is 17.6. The van der Waals surface area contributed by atoms with Gasteiger partial charge in [0, 0.05) is 7.11 Å². The molecule has 9 heteroatoms. The first-order valence-corrected chi connectivity index (χ1v) is 7.67. The zero-order valence-electron chi connectivity index (χ0n) is 14.5. The van der Waals surface area contributed by atoms with Gasteiger partial charge in [-0.15, -0.1) is 0 Å². The average Bonchev–Trinajstić information content (AvgIpc) is 3.39. The second-order valence-electron chi connectivity index (χ2n) is 5.36. The molecule has 3 aromatic rings. The van der Waals surface area contributed by atoms with E-state index in [1.54, 1.807) is 6.92 Å². The highest BCUT2D eigenvalue weighted by Crippen LogP contribution is 2.29. The Morgan fingerprint density at radius 2 is 1.73 bits per heavy atom. The molecular formula is C17H17N3O6. The summed E-state index contributed by atoms with van der Waals surface area (Å²) in [6.45, 7) is 5.26. The van der Waals surface area contributed by atoms with Gasteiger partial charge in [0.15, 0.2) is 11.4 Å². The van der Waals surface area contributed by atoms with Crippen LogP contribution < -0.4 is 0 Å². The van der Waals surface area contributed by atoms with Crippen LogP contribution in [0.2, 0.25) is 0 Å². The molecule has 0 saturated carbocycles. The van der Waals surface area contributed by atoms with Gasteiger partial charge in [0.05, 0.1) is 13.0 Å². The van der Waals surface area contributed by atoms with Crippen molar-refractivity contribution in [2.75, 3.05) is 14.2 Å². The second kappa shape index (κ2) is 7.36. The van der Waals surface area contributed by atoms with E-state index in [1.807, 2.05) is 0 Å². The van der Waals surface area contributed by atoms with Crippen molar-refractivity contribution in [3.8, 4) is 23.2 Å². The van der Waals surface area contributed by atoms with Crippen LogP contribution >= 0.6 is 0 Å². The lowest BCUT2D eigenvalue weighted by Crippen LogP contribution is -2.22. The molecule has 0 saturated heterocycles. The molecule has 0 fully saturated rings. The van der Waals surface area contributed by atoms with Crippen molar-refractivity contribution in [1.29, 1.82) is 0 Å². The number of aromatic nitrogens is 3. The molecule has 0 N–H and O–H groups in total. The Labute approximate surface area is 148 Å². The third-order valence-electron chi connectivity index (χ3n) is 3.73. The molecule has 0 radical (unpaired) electrons. The van der Waals surface area contributed by atoms with Gasteiger partial charge in [0.1, 0.15) is 30.6 Å². The summed E-state index contributed by atoms with van der Waals surface area (Å²) < 4.78 is 26.1. The monoisotopic (exact) mass is 359 g/mol. The van der Waals surface area contributed by atoms with Gasteiger partial charge in [-0.3, -0.25) is 4.79 Å². The summed E-state index contributed by atoms with van der Waals surface area (Å²) in [6, 6.07) is 0. The molecule has 0 amide bonds. The number of carbonyl (C=O) groups excluding carboxylic acids is 1. The van der Waals surface area contributed by atoms with Crippen molar-refractivity contribution < 1.29 is 27.5 Å². The molecule has 2 atom stereocenters. The van der Waals surface area contributed by atoms with Crippen LogP contribution in [0.1, 0.15) is 24.6 Å². The smallest absolute Gasteiger partial charge is 0.311 e. The Bertz CT molecular complexity index is 909. The third-order valence-corrected chi connectivity index (χ3v) is 3.73. The van der Waals surface area contributed by atoms with Crippen LogP contribution in [-0.4, -0.2) is 35.1 Å². The van der Waals surface area contributed by atoms with Crippen LogP contribution in [-0.2, 0) is 14.3 Å². The Morgan fingerprint density at radius 1 is 1.08 bits per heavy atom. The number of oxazole rings is 3. The van der Waals surface area contributed by atoms with Crippen molar-refractivity contribution in [3.63, 3.8) is 0 Å². The number of ether oxygens (including phenoxy) is 2. The predicted octanol–water partition coefficient (Wildman–Crippen LogP) is 3.12. The second-order valence-corrected chi connectivity index (χ2v) is 5.36. The molecule has 0 bridgehead atoms. The Morgan fingerprint density at radius 3 is 2.38 bits per heavy atom. The molecule has 3 aromatic heterocycles. The van der Waals surface area contributed by atoms with Gasteiger partial charge in [-0.25, -0.2) is 15.0 Å². The van der Waals surface area contributed by atoms with E-state index in [-0.39, 0.29) is 11.8 Å². The van der Waals surface area contributed by atoms with E-state index in [2.05, 4.69) is 21.5 Å². The van der Waals surface area contributed by atoms with E-state index in [9.17, 15) is 4.79 Å². The van der Waals surface area contributed by atoms with Crippen molar-refractivity contribution >= 4 is 12.0 Å². The molecule has 9 nitrogen and oxygen atoms in total. The highest BCUT2D eigenvalue weighted by molar-refractivity contribution is 5.72. The number of hydrogen-bond acceptors (Lipinski definition) is 9. The van der Waals surface area contributed by atoms with Crippen molar-refractivity contribution in [3.05, 3.63) is 37.0 Å². The normalized spacial score (nSPS) is 13.3. The summed E-state index contributed by atoms with van der Waals surface area (Å²) in [5, 5.41) is 0. The largest absolute Gasteiger partial charge is 0.469 e. The van der Waals surface area contributed by atoms with Gasteiger partial charge in [-0.05, 0) is 13.0 Å². The van der Waals surface area contributed by atoms with Gasteiger partial charge in [-0.1, -0.05) is 6.58 Å². The maximum absolute atomic E-state index is 11.7. The summed E-state index contributed by atoms with van der Waals surface area (Å²) in [7, 11) is 2.80. The Kier molecular flexibility index (Phi) is 4.99. The average molecular weight is 359 g/mol. The summed E-state index contributed by atoms with van der Waals surface area (Å²) in [5.74, 6) is -0.125. The fraction of sp³-hybridized carbons (Fsp3) is 0.294. The minimum absolute atomic E-state index is 0.224. The number of rotatable bonds is 7. The first-order chi connectivity index (χ1) is 12.6. The molecule has 0 unspecified atom stereocenters. The van der Waals surface area contributed by atoms with Gasteiger partial charge in [-0.2, -0.15) is 0 Å². The minimum Gasteiger partial charge on any atom is -0.469 e. The quantitative estimate of drug-likeness (QED) is 0.587. The lowest BCUT2D eigenvalue weighted by molar-refractivity contribution is -0.149. The summed E-state index contributed by atoms with van der Waals surface area (Å²) >= 11 is 0. The van der Waals surface area contributed by atoms with Crippen LogP contribution in [0, 0.1) is 5.92 Å². The Balaban J connectivity index is 1.83. The van der Waals surface area contributed by atoms with Crippen LogP contribution in [0.5, 0.6) is 0 Å². The first-order valence-electron chi connectivity index (χ1n) is 7.67. The summed E-state index contributed by atoms with van der Waals surface area (Å²) in [5.41, 5.74) is 1.24. The number of methoxy groups -OCH3 is 2. The van der Waals surface area contributed by atoms with Crippen molar-refractivity contribution in [2.45, 2.75) is 13.0 Å². The SMILES string of the molecule is C=Cc1nc(-c2nc(-c3nc([C@@H](OC)[C@@H](C)C(=O)OC)co3)co2)co1. The summed E-state index contributed by atoms with van der Waals surface area (Å²) in [4.78, 5) is 24.5. The van der Waals surface area contributed by atoms with Gasteiger partial charge >= 0.3 is 5.97 Å². The zero-order valence-corrected chi connectivity index (χ0v) is 14.5. The number of esters is 1. The van der Waals surface area contributed by atoms with Crippen LogP contribution in [0.25, 0.3) is 29.2 Å². The maximum atomic E-state index is 11.7. The molecule has 0 aliphatic rings. The van der Waals surface area contributed by atoms with E-state index in [0.29, 0.717) is 23.0 Å². The van der Waals surface area contributed by atoms with E-state index in [4.69, 9.17) is 22.7 Å². The van der Waals surface area contributed by atoms with Gasteiger partial charge in [0.25, 0.3) is 0 Å². The molecule has 0 aliphatic carbocycles. The molecule has 0 spiro atoms. The molecule has 3 heterocycles. The highest BCUT2D eigenvalue weighted by Gasteiger charge is 2.29. The molecule has 26 heavy (non-hydrogen) atoms. The van der Waals surface area contributed by atoms with E-state index in [1.165, 1.54) is 39.1 Å². The maximum Gasteiger partial charge on any atom is 0.311 e. The number of nitrogens with zero attached hydrogens (tertiary/aromatic N) is 3. The van der Waals surface area contributed by atoms with Crippen LogP contribution in [0.3, 0.4) is 0 Å². The number of carbonyl (C=O) groups is 1. The molecule has 0 aromatic carbocycles. The predicted molar refractivity (Wildman–Crippen MR) is 88.5 cm³/mol.